The maximum atomic E-state index is 14.4. The van der Waals surface area contributed by atoms with Crippen LogP contribution in [0, 0.1) is 5.92 Å². The van der Waals surface area contributed by atoms with Crippen molar-refractivity contribution < 1.29 is 84.6 Å². The van der Waals surface area contributed by atoms with Crippen LogP contribution in [0.2, 0.25) is 0 Å². The Morgan fingerprint density at radius 3 is 1.79 bits per heavy atom. The lowest BCUT2D eigenvalue weighted by atomic mass is 9.85. The molecule has 1 aromatic rings. The van der Waals surface area contributed by atoms with Gasteiger partial charge in [0.2, 0.25) is 0 Å². The lowest BCUT2D eigenvalue weighted by Crippen LogP contribution is -2.74. The normalized spacial score (nSPS) is 17.7. The minimum absolute atomic E-state index is 0.0357. The van der Waals surface area contributed by atoms with Crippen LogP contribution >= 0.6 is 11.3 Å². The number of halogens is 16. The largest absolute Gasteiger partial charge is 0.465 e. The second kappa shape index (κ2) is 10.9. The summed E-state index contributed by atoms with van der Waals surface area (Å²) >= 11 is 0.286. The first-order chi connectivity index (χ1) is 18.7. The lowest BCUT2D eigenvalue weighted by molar-refractivity contribution is -0.443. The topological polar surface area (TPSA) is 55.4 Å². The summed E-state index contributed by atoms with van der Waals surface area (Å²) < 4.78 is 222. The Hall–Kier alpha value is -2.48. The highest BCUT2D eigenvalue weighted by Crippen LogP contribution is 2.63. The molecule has 0 spiro atoms. The molecule has 0 radical (unpaired) electrons. The van der Waals surface area contributed by atoms with Crippen molar-refractivity contribution in [1.82, 2.24) is 0 Å². The summed E-state index contributed by atoms with van der Waals surface area (Å²) in [5.74, 6) is -61.8. The number of esters is 1. The van der Waals surface area contributed by atoms with E-state index >= 15 is 0 Å². The minimum atomic E-state index is -8.62. The maximum Gasteiger partial charge on any atom is 0.393 e. The van der Waals surface area contributed by atoms with Gasteiger partial charge in [0.15, 0.2) is 0 Å². The molecule has 2 rings (SSSR count). The summed E-state index contributed by atoms with van der Waals surface area (Å²) in [5.41, 5.74) is -0.669. The average Bonchev–Trinajstić information content (AvgIpc) is 3.23. The molecule has 242 valence electrons. The van der Waals surface area contributed by atoms with Crippen LogP contribution in [-0.2, 0) is 22.4 Å². The van der Waals surface area contributed by atoms with Crippen molar-refractivity contribution in [3.63, 3.8) is 0 Å². The Morgan fingerprint density at radius 2 is 1.33 bits per heavy atom. The molecule has 1 amide bonds. The van der Waals surface area contributed by atoms with Crippen molar-refractivity contribution in [3.8, 4) is 0 Å². The van der Waals surface area contributed by atoms with Crippen molar-refractivity contribution in [2.24, 2.45) is 5.92 Å². The number of amides is 1. The molecule has 4 nitrogen and oxygen atoms in total. The second-order valence-electron chi connectivity index (χ2n) is 9.04. The third-order valence-corrected chi connectivity index (χ3v) is 7.68. The molecule has 0 fully saturated rings. The number of carbonyl (C=O) groups excluding carboxylic acids is 2. The van der Waals surface area contributed by atoms with Gasteiger partial charge >= 0.3 is 59.8 Å². The van der Waals surface area contributed by atoms with Gasteiger partial charge in [0.25, 0.3) is 0 Å². The second-order valence-corrected chi connectivity index (χ2v) is 10.1. The van der Waals surface area contributed by atoms with Crippen molar-refractivity contribution in [2.75, 3.05) is 12.4 Å². The summed E-state index contributed by atoms with van der Waals surface area (Å²) in [7, 11) is 0.745. The number of ether oxygens (including phenoxy) is 1. The quantitative estimate of drug-likeness (QED) is 0.195. The van der Waals surface area contributed by atoms with Gasteiger partial charge < -0.3 is 10.1 Å². The molecule has 1 unspecified atom stereocenters. The predicted molar refractivity (Wildman–Crippen MR) is 111 cm³/mol. The number of nitrogens with one attached hydrogen (secondary N) is 1. The van der Waals surface area contributed by atoms with E-state index in [0.29, 0.717) is 12.8 Å². The molecule has 1 atom stereocenters. The van der Waals surface area contributed by atoms with E-state index in [4.69, 9.17) is 0 Å². The molecule has 1 aliphatic rings. The van der Waals surface area contributed by atoms with E-state index in [1.165, 1.54) is 0 Å². The number of hydrogen-bond acceptors (Lipinski definition) is 4. The number of alkyl halides is 16. The van der Waals surface area contributed by atoms with Crippen LogP contribution in [0.1, 0.15) is 40.6 Å². The molecule has 0 saturated heterocycles. The van der Waals surface area contributed by atoms with Crippen LogP contribution in [0.4, 0.5) is 75.2 Å². The Bertz CT molecular complexity index is 1200. The Morgan fingerprint density at radius 1 is 0.857 bits per heavy atom. The molecule has 0 aliphatic heterocycles. The first-order valence-electron chi connectivity index (χ1n) is 11.2. The summed E-state index contributed by atoms with van der Waals surface area (Å²) in [6.07, 6.45) is -4.85. The molecule has 1 aliphatic carbocycles. The minimum Gasteiger partial charge on any atom is -0.465 e. The zero-order valence-corrected chi connectivity index (χ0v) is 21.5. The molecule has 0 bridgehead atoms. The molecule has 1 heterocycles. The molecule has 1 N–H and O–H groups in total. The van der Waals surface area contributed by atoms with E-state index < -0.39 is 70.3 Å². The zero-order chi connectivity index (χ0) is 33.1. The monoisotopic (exact) mass is 667 g/mol. The van der Waals surface area contributed by atoms with Crippen molar-refractivity contribution in [2.45, 2.75) is 80.5 Å². The Kier molecular flexibility index (Phi) is 9.27. The fourth-order valence-electron chi connectivity index (χ4n) is 3.87. The van der Waals surface area contributed by atoms with Crippen molar-refractivity contribution in [3.05, 3.63) is 16.0 Å². The maximum absolute atomic E-state index is 14.4. The highest BCUT2D eigenvalue weighted by Gasteiger charge is 2.94. The number of hydrogen-bond donors (Lipinski definition) is 1. The zero-order valence-electron chi connectivity index (χ0n) is 20.7. The van der Waals surface area contributed by atoms with Crippen LogP contribution in [0.5, 0.6) is 0 Å². The van der Waals surface area contributed by atoms with E-state index in [2.05, 4.69) is 4.74 Å². The molecule has 1 aromatic heterocycles. The third kappa shape index (κ3) is 4.95. The highest BCUT2D eigenvalue weighted by atomic mass is 32.1. The van der Waals surface area contributed by atoms with Gasteiger partial charge in [-0.25, -0.2) is 13.6 Å². The van der Waals surface area contributed by atoms with E-state index in [1.54, 1.807) is 6.92 Å². The molecule has 0 saturated carbocycles. The first-order valence-corrected chi connectivity index (χ1v) is 12.0. The molecular formula is C21H17F16NO3S. The number of methoxy groups -OCH3 is 1. The van der Waals surface area contributed by atoms with Crippen molar-refractivity contribution >= 4 is 28.2 Å². The number of thiophene rings is 1. The molecule has 0 aromatic carbocycles. The third-order valence-electron chi connectivity index (χ3n) is 6.51. The van der Waals surface area contributed by atoms with Crippen LogP contribution in [0.15, 0.2) is 0 Å². The average molecular weight is 667 g/mol. The van der Waals surface area contributed by atoms with Gasteiger partial charge in [-0.2, -0.15) is 61.5 Å². The number of carbonyl (C=O) groups is 2. The number of rotatable bonds is 11. The highest BCUT2D eigenvalue weighted by molar-refractivity contribution is 7.17. The van der Waals surface area contributed by atoms with E-state index in [-0.39, 0.29) is 40.5 Å². The van der Waals surface area contributed by atoms with Gasteiger partial charge in [-0.1, -0.05) is 13.3 Å². The first kappa shape index (κ1) is 35.7. The van der Waals surface area contributed by atoms with Crippen LogP contribution in [-0.4, -0.2) is 66.9 Å². The SMILES string of the molecule is CCC1CCc2c(sc(NC(=O)C(F)(F)C(F)(F)C(F)(F)C(F)(F)C(F)(F)C(F)(F)C(F)(F)C(F)F)c2C(=O)OC)C1. The van der Waals surface area contributed by atoms with Crippen molar-refractivity contribution in [1.29, 1.82) is 0 Å². The van der Waals surface area contributed by atoms with Gasteiger partial charge in [0, 0.05) is 4.88 Å². The van der Waals surface area contributed by atoms with Gasteiger partial charge in [0.1, 0.15) is 5.00 Å². The molecule has 42 heavy (non-hydrogen) atoms. The van der Waals surface area contributed by atoms with E-state index in [1.807, 2.05) is 0 Å². The Labute approximate surface area is 228 Å². The summed E-state index contributed by atoms with van der Waals surface area (Å²) in [6.45, 7) is 1.74. The van der Waals surface area contributed by atoms with E-state index in [9.17, 15) is 79.8 Å². The molecular weight excluding hydrogens is 650 g/mol. The van der Waals surface area contributed by atoms with Gasteiger partial charge in [0.05, 0.1) is 12.7 Å². The van der Waals surface area contributed by atoms with Gasteiger partial charge in [-0.05, 0) is 30.7 Å². The fraction of sp³-hybridized carbons (Fsp3) is 0.714. The summed E-state index contributed by atoms with van der Waals surface area (Å²) in [6, 6.07) is 0. The number of anilines is 1. The standard InChI is InChI=1S/C21H17F16NO3S/c1-3-7-4-5-8-9(6-7)42-11(10(8)12(39)41-2)38-14(40)16(26,27)18(30,31)20(34,35)21(36,37)19(32,33)17(28,29)15(24,25)13(22)23/h7,13H,3-6H2,1-2H3,(H,38,40). The van der Waals surface area contributed by atoms with E-state index in [0.717, 1.165) is 12.4 Å². The Balaban J connectivity index is 2.57. The van der Waals surface area contributed by atoms with Gasteiger partial charge in [-0.15, -0.1) is 11.3 Å². The molecule has 21 heteroatoms. The number of fused-ring (bicyclic) bond motifs is 1. The van der Waals surface area contributed by atoms with Gasteiger partial charge in [-0.3, -0.25) is 4.79 Å². The van der Waals surface area contributed by atoms with Crippen LogP contribution in [0.3, 0.4) is 0 Å². The predicted octanol–water partition coefficient (Wildman–Crippen LogP) is 7.70. The fourth-order valence-corrected chi connectivity index (χ4v) is 5.21. The van der Waals surface area contributed by atoms with Crippen LogP contribution in [0.25, 0.3) is 0 Å². The summed E-state index contributed by atoms with van der Waals surface area (Å²) in [4.78, 5) is 24.4. The summed E-state index contributed by atoms with van der Waals surface area (Å²) in [5, 5.41) is -0.139. The lowest BCUT2D eigenvalue weighted by Gasteiger charge is -2.42. The van der Waals surface area contributed by atoms with Crippen LogP contribution < -0.4 is 5.32 Å². The smallest absolute Gasteiger partial charge is 0.393 e.